The maximum absolute atomic E-state index is 10.9. The predicted octanol–water partition coefficient (Wildman–Crippen LogP) is 0.419. The van der Waals surface area contributed by atoms with Gasteiger partial charge in [0.25, 0.3) is 0 Å². The van der Waals surface area contributed by atoms with Gasteiger partial charge in [-0.25, -0.2) is 0 Å². The minimum absolute atomic E-state index is 0. The summed E-state index contributed by atoms with van der Waals surface area (Å²) in [5.41, 5.74) is 0. The summed E-state index contributed by atoms with van der Waals surface area (Å²) >= 11 is 0. The second kappa shape index (κ2) is 13.4. The Kier molecular flexibility index (Phi) is 15.1. The molecule has 5 heteroatoms. The summed E-state index contributed by atoms with van der Waals surface area (Å²) in [6.07, 6.45) is 7.26. The molecule has 18 heavy (non-hydrogen) atoms. The van der Waals surface area contributed by atoms with Crippen LogP contribution in [0.3, 0.4) is 0 Å². The van der Waals surface area contributed by atoms with Gasteiger partial charge in [-0.3, -0.25) is 9.59 Å². The molecule has 0 aliphatic carbocycles. The van der Waals surface area contributed by atoms with E-state index in [1.807, 2.05) is 0 Å². The van der Waals surface area contributed by atoms with Crippen LogP contribution < -0.4 is 29.6 Å². The molecule has 0 heterocycles. The third-order valence-corrected chi connectivity index (χ3v) is 2.95. The van der Waals surface area contributed by atoms with Crippen LogP contribution in [0.5, 0.6) is 0 Å². The van der Waals surface area contributed by atoms with Crippen LogP contribution in [-0.4, -0.2) is 22.2 Å². The van der Waals surface area contributed by atoms with Gasteiger partial charge in [0.1, 0.15) is 0 Å². The molecule has 1 atom stereocenters. The Morgan fingerprint density at radius 3 is 2.06 bits per heavy atom. The molecule has 102 valence electrons. The second-order valence-corrected chi connectivity index (χ2v) is 4.52. The van der Waals surface area contributed by atoms with E-state index in [-0.39, 0.29) is 43.3 Å². The van der Waals surface area contributed by atoms with Crippen molar-refractivity contribution < 1.29 is 50.8 Å². The van der Waals surface area contributed by atoms with Gasteiger partial charge in [-0.15, -0.1) is 0 Å². The Morgan fingerprint density at radius 1 is 1.00 bits per heavy atom. The van der Waals surface area contributed by atoms with Gasteiger partial charge in [0.05, 0.1) is 5.92 Å². The molecule has 0 aliphatic rings. The summed E-state index contributed by atoms with van der Waals surface area (Å²) in [5, 5.41) is 17.5. The minimum atomic E-state index is -0.850. The number of carboxylic acids is 2. The molecule has 0 radical (unpaired) electrons. The van der Waals surface area contributed by atoms with E-state index in [1.165, 1.54) is 12.8 Å². The number of hydrogen-bond donors (Lipinski definition) is 2. The Labute approximate surface area is 133 Å². The molecule has 0 rings (SSSR count). The van der Waals surface area contributed by atoms with Crippen LogP contribution in [0.15, 0.2) is 0 Å². The SMILES string of the molecule is CCCCCCCC(CCCC(=O)O)C(=O)O.[H-].[Na+]. The van der Waals surface area contributed by atoms with E-state index in [4.69, 9.17) is 10.2 Å². The van der Waals surface area contributed by atoms with Crippen molar-refractivity contribution in [3.05, 3.63) is 0 Å². The monoisotopic (exact) mass is 268 g/mol. The van der Waals surface area contributed by atoms with Crippen molar-refractivity contribution in [1.82, 2.24) is 0 Å². The smallest absolute Gasteiger partial charge is 1.00 e. The van der Waals surface area contributed by atoms with Crippen molar-refractivity contribution in [1.29, 1.82) is 0 Å². The number of carbonyl (C=O) groups is 2. The topological polar surface area (TPSA) is 74.6 Å². The Hall–Kier alpha value is -0.0600. The van der Waals surface area contributed by atoms with Crippen molar-refractivity contribution in [3.63, 3.8) is 0 Å². The molecule has 2 N–H and O–H groups in total. The largest absolute Gasteiger partial charge is 1.00 e. The van der Waals surface area contributed by atoms with Crippen molar-refractivity contribution in [3.8, 4) is 0 Å². The molecule has 4 nitrogen and oxygen atoms in total. The fourth-order valence-corrected chi connectivity index (χ4v) is 1.89. The predicted molar refractivity (Wildman–Crippen MR) is 67.1 cm³/mol. The third kappa shape index (κ3) is 12.4. The quantitative estimate of drug-likeness (QED) is 0.421. The maximum atomic E-state index is 10.9. The first-order valence-electron chi connectivity index (χ1n) is 6.52. The summed E-state index contributed by atoms with van der Waals surface area (Å²) in [5.74, 6) is -2.00. The average molecular weight is 268 g/mol. The molecule has 0 saturated carbocycles. The van der Waals surface area contributed by atoms with Gasteiger partial charge in [-0.1, -0.05) is 39.0 Å². The van der Waals surface area contributed by atoms with Crippen LogP contribution in [-0.2, 0) is 9.59 Å². The van der Waals surface area contributed by atoms with Gasteiger partial charge < -0.3 is 11.6 Å². The van der Waals surface area contributed by atoms with Crippen LogP contribution in [0.4, 0.5) is 0 Å². The number of carboxylic acid groups (broad SMARTS) is 2. The summed E-state index contributed by atoms with van der Waals surface area (Å²) in [6, 6.07) is 0. The molecular weight excluding hydrogens is 243 g/mol. The molecule has 0 bridgehead atoms. The van der Waals surface area contributed by atoms with E-state index < -0.39 is 11.9 Å². The molecule has 0 aromatic heterocycles. The van der Waals surface area contributed by atoms with Crippen LogP contribution in [0, 0.1) is 5.92 Å². The van der Waals surface area contributed by atoms with E-state index in [1.54, 1.807) is 0 Å². The van der Waals surface area contributed by atoms with Crippen molar-refractivity contribution in [2.45, 2.75) is 64.7 Å². The maximum Gasteiger partial charge on any atom is 1.00 e. The number of unbranched alkanes of at least 4 members (excludes halogenated alkanes) is 4. The number of aliphatic carboxylic acids is 2. The van der Waals surface area contributed by atoms with Crippen molar-refractivity contribution in [2.24, 2.45) is 5.92 Å². The van der Waals surface area contributed by atoms with Crippen LogP contribution in [0.1, 0.15) is 66.1 Å². The second-order valence-electron chi connectivity index (χ2n) is 4.52. The zero-order chi connectivity index (χ0) is 13.1. The first-order valence-corrected chi connectivity index (χ1v) is 6.52. The van der Waals surface area contributed by atoms with Crippen molar-refractivity contribution >= 4 is 11.9 Å². The standard InChI is InChI=1S/C13H24O4.Na.H/c1-2-3-4-5-6-8-11(13(16)17)9-7-10-12(14)15;;/h11H,2-10H2,1H3,(H,14,15)(H,16,17);;/q;+1;-1. The molecule has 0 spiro atoms. The molecule has 0 saturated heterocycles. The van der Waals surface area contributed by atoms with Crippen molar-refractivity contribution in [2.75, 3.05) is 0 Å². The van der Waals surface area contributed by atoms with Crippen LogP contribution in [0.25, 0.3) is 0 Å². The first-order chi connectivity index (χ1) is 8.07. The normalized spacial score (nSPS) is 11.6. The van der Waals surface area contributed by atoms with Crippen LogP contribution >= 0.6 is 0 Å². The fourth-order valence-electron chi connectivity index (χ4n) is 1.89. The van der Waals surface area contributed by atoms with Gasteiger partial charge in [-0.2, -0.15) is 0 Å². The Bertz CT molecular complexity index is 237. The van der Waals surface area contributed by atoms with Gasteiger partial charge in [0.2, 0.25) is 0 Å². The summed E-state index contributed by atoms with van der Waals surface area (Å²) in [7, 11) is 0. The molecule has 1 unspecified atom stereocenters. The minimum Gasteiger partial charge on any atom is -1.00 e. The van der Waals surface area contributed by atoms with Gasteiger partial charge >= 0.3 is 41.5 Å². The van der Waals surface area contributed by atoms with E-state index >= 15 is 0 Å². The first kappa shape index (κ1) is 20.3. The zero-order valence-corrected chi connectivity index (χ0v) is 13.7. The van der Waals surface area contributed by atoms with Gasteiger partial charge in [0, 0.05) is 6.42 Å². The van der Waals surface area contributed by atoms with Crippen LogP contribution in [0.2, 0.25) is 0 Å². The fraction of sp³-hybridized carbons (Fsp3) is 0.846. The zero-order valence-electron chi connectivity index (χ0n) is 12.7. The summed E-state index contributed by atoms with van der Waals surface area (Å²) in [4.78, 5) is 21.3. The van der Waals surface area contributed by atoms with Gasteiger partial charge in [0.15, 0.2) is 0 Å². The number of hydrogen-bond acceptors (Lipinski definition) is 2. The van der Waals surface area contributed by atoms with E-state index in [2.05, 4.69) is 6.92 Å². The Balaban J connectivity index is -0.00000128. The van der Waals surface area contributed by atoms with E-state index in [9.17, 15) is 9.59 Å². The molecule has 0 aromatic carbocycles. The van der Waals surface area contributed by atoms with E-state index in [0.717, 1.165) is 19.3 Å². The average Bonchev–Trinajstić information content (AvgIpc) is 2.25. The summed E-state index contributed by atoms with van der Waals surface area (Å²) in [6.45, 7) is 2.14. The molecule has 0 fully saturated rings. The molecule has 0 aliphatic heterocycles. The Morgan fingerprint density at radius 2 is 1.56 bits per heavy atom. The molecular formula is C13H25NaO4. The van der Waals surface area contributed by atoms with E-state index in [0.29, 0.717) is 19.3 Å². The van der Waals surface area contributed by atoms with Gasteiger partial charge in [-0.05, 0) is 19.3 Å². The summed E-state index contributed by atoms with van der Waals surface area (Å²) < 4.78 is 0. The molecule has 0 aromatic rings. The third-order valence-electron chi connectivity index (χ3n) is 2.95. The number of rotatable bonds is 11. The molecule has 0 amide bonds.